The molecule has 0 spiro atoms. The molecule has 0 aliphatic rings. The van der Waals surface area contributed by atoms with Crippen molar-refractivity contribution in [3.63, 3.8) is 0 Å². The molecule has 1 aromatic rings. The average Bonchev–Trinajstić information content (AvgIpc) is 2.27. The third-order valence-electron chi connectivity index (χ3n) is 2.03. The molecule has 0 heterocycles. The van der Waals surface area contributed by atoms with Crippen molar-refractivity contribution in [2.24, 2.45) is 0 Å². The van der Waals surface area contributed by atoms with Gasteiger partial charge in [-0.25, -0.2) is 4.39 Å². The van der Waals surface area contributed by atoms with Crippen molar-refractivity contribution >= 4 is 17.3 Å². The maximum Gasteiger partial charge on any atom is 0.150 e. The molecule has 2 N–H and O–H groups in total. The number of hydrogen-bond acceptors (Lipinski definition) is 3. The normalized spacial score (nSPS) is 12.6. The van der Waals surface area contributed by atoms with Gasteiger partial charge in [0.25, 0.3) is 0 Å². The third-order valence-corrected chi connectivity index (χ3v) is 2.39. The van der Waals surface area contributed by atoms with Gasteiger partial charge < -0.3 is 15.2 Å². The number of aliphatic hydroxyl groups is 1. The van der Waals surface area contributed by atoms with Gasteiger partial charge in [0.1, 0.15) is 17.3 Å². The smallest absolute Gasteiger partial charge is 0.150 e. The minimum Gasteiger partial charge on any atom is -0.489 e. The lowest BCUT2D eigenvalue weighted by Crippen LogP contribution is -2.22. The number of ether oxygens (including phenoxy) is 1. The van der Waals surface area contributed by atoms with Gasteiger partial charge in [-0.2, -0.15) is 0 Å². The molecule has 0 bridgehead atoms. The first-order valence-electron chi connectivity index (χ1n) is 5.47. The predicted molar refractivity (Wildman–Crippen MR) is 67.4 cm³/mol. The summed E-state index contributed by atoms with van der Waals surface area (Å²) in [5.74, 6) is 0.119. The fraction of sp³-hybridized carbons (Fsp3) is 0.500. The van der Waals surface area contributed by atoms with E-state index < -0.39 is 11.9 Å². The van der Waals surface area contributed by atoms with Gasteiger partial charge in [-0.15, -0.1) is 11.6 Å². The number of nitrogens with one attached hydrogen (secondary N) is 1. The van der Waals surface area contributed by atoms with E-state index in [4.69, 9.17) is 16.3 Å². The van der Waals surface area contributed by atoms with Gasteiger partial charge in [-0.05, 0) is 26.0 Å². The number of hydrogen-bond donors (Lipinski definition) is 2. The van der Waals surface area contributed by atoms with E-state index in [0.29, 0.717) is 5.75 Å². The van der Waals surface area contributed by atoms with Crippen molar-refractivity contribution in [1.29, 1.82) is 0 Å². The van der Waals surface area contributed by atoms with E-state index in [2.05, 4.69) is 5.32 Å². The Bertz CT molecular complexity index is 360. The third kappa shape index (κ3) is 4.40. The minimum atomic E-state index is -0.719. The summed E-state index contributed by atoms with van der Waals surface area (Å²) in [5.41, 5.74) is 0.255. The standard InChI is InChI=1S/C12H17ClFNO2/c1-8(2)17-11-5-3-4-10(14)12(11)15-7-9(16)6-13/h3-5,8-9,15-16H,6-7H2,1-2H3. The predicted octanol–water partition coefficient (Wildman–Crippen LogP) is 2.62. The van der Waals surface area contributed by atoms with Crippen LogP contribution in [0.4, 0.5) is 10.1 Å². The first-order valence-corrected chi connectivity index (χ1v) is 6.01. The summed E-state index contributed by atoms with van der Waals surface area (Å²) in [6.45, 7) is 3.91. The lowest BCUT2D eigenvalue weighted by atomic mass is 10.2. The summed E-state index contributed by atoms with van der Waals surface area (Å²) < 4.78 is 19.1. The van der Waals surface area contributed by atoms with Crippen LogP contribution in [-0.4, -0.2) is 29.7 Å². The summed E-state index contributed by atoms with van der Waals surface area (Å²) in [5, 5.41) is 12.1. The second-order valence-electron chi connectivity index (χ2n) is 3.97. The zero-order chi connectivity index (χ0) is 12.8. The number of aliphatic hydroxyl groups excluding tert-OH is 1. The van der Waals surface area contributed by atoms with Crippen LogP contribution >= 0.6 is 11.6 Å². The number of anilines is 1. The molecule has 0 radical (unpaired) electrons. The summed E-state index contributed by atoms with van der Waals surface area (Å²) in [4.78, 5) is 0. The van der Waals surface area contributed by atoms with Gasteiger partial charge in [0.05, 0.1) is 18.1 Å². The molecule has 17 heavy (non-hydrogen) atoms. The molecule has 0 fully saturated rings. The zero-order valence-electron chi connectivity index (χ0n) is 9.91. The van der Waals surface area contributed by atoms with E-state index in [1.54, 1.807) is 12.1 Å². The summed E-state index contributed by atoms with van der Waals surface area (Å²) in [6, 6.07) is 4.59. The van der Waals surface area contributed by atoms with Crippen LogP contribution < -0.4 is 10.1 Å². The first-order chi connectivity index (χ1) is 8.04. The topological polar surface area (TPSA) is 41.5 Å². The Hall–Kier alpha value is -1.00. The fourth-order valence-electron chi connectivity index (χ4n) is 1.30. The maximum absolute atomic E-state index is 13.6. The number of rotatable bonds is 6. The molecule has 0 amide bonds. The Labute approximate surface area is 106 Å². The molecular formula is C12H17ClFNO2. The molecule has 96 valence electrons. The fourth-order valence-corrected chi connectivity index (χ4v) is 1.41. The molecular weight excluding hydrogens is 245 g/mol. The van der Waals surface area contributed by atoms with Crippen molar-refractivity contribution in [2.45, 2.75) is 26.1 Å². The molecule has 0 saturated heterocycles. The largest absolute Gasteiger partial charge is 0.489 e. The van der Waals surface area contributed by atoms with Gasteiger partial charge in [0.2, 0.25) is 0 Å². The van der Waals surface area contributed by atoms with Crippen molar-refractivity contribution in [3.05, 3.63) is 24.0 Å². The average molecular weight is 262 g/mol. The highest BCUT2D eigenvalue weighted by Crippen LogP contribution is 2.28. The molecule has 0 aliphatic heterocycles. The van der Waals surface area contributed by atoms with Gasteiger partial charge >= 0.3 is 0 Å². The second kappa shape index (κ2) is 6.67. The number of alkyl halides is 1. The molecule has 3 nitrogen and oxygen atoms in total. The number of benzene rings is 1. The van der Waals surface area contributed by atoms with Crippen LogP contribution in [-0.2, 0) is 0 Å². The summed E-state index contributed by atoms with van der Waals surface area (Å²) >= 11 is 5.47. The van der Waals surface area contributed by atoms with E-state index in [-0.39, 0.29) is 24.2 Å². The Morgan fingerprint density at radius 3 is 2.76 bits per heavy atom. The van der Waals surface area contributed by atoms with Gasteiger partial charge in [-0.3, -0.25) is 0 Å². The highest BCUT2D eigenvalue weighted by atomic mass is 35.5. The van der Waals surface area contributed by atoms with Crippen LogP contribution in [0.1, 0.15) is 13.8 Å². The van der Waals surface area contributed by atoms with Crippen molar-refractivity contribution < 1.29 is 14.2 Å². The van der Waals surface area contributed by atoms with Crippen molar-refractivity contribution in [1.82, 2.24) is 0 Å². The van der Waals surface area contributed by atoms with E-state index >= 15 is 0 Å². The Kier molecular flexibility index (Phi) is 5.51. The second-order valence-corrected chi connectivity index (χ2v) is 4.28. The molecule has 1 aromatic carbocycles. The Morgan fingerprint density at radius 1 is 1.47 bits per heavy atom. The van der Waals surface area contributed by atoms with Crippen LogP contribution in [0, 0.1) is 5.82 Å². The van der Waals surface area contributed by atoms with Crippen LogP contribution in [0.2, 0.25) is 0 Å². The number of para-hydroxylation sites is 1. The molecule has 1 atom stereocenters. The quantitative estimate of drug-likeness (QED) is 0.774. The molecule has 0 aliphatic carbocycles. The van der Waals surface area contributed by atoms with E-state index in [0.717, 1.165) is 0 Å². The summed E-state index contributed by atoms with van der Waals surface area (Å²) in [6.07, 6.45) is -0.765. The van der Waals surface area contributed by atoms with Crippen LogP contribution in [0.25, 0.3) is 0 Å². The SMILES string of the molecule is CC(C)Oc1cccc(F)c1NCC(O)CCl. The molecule has 0 saturated carbocycles. The summed E-state index contributed by atoms with van der Waals surface area (Å²) in [7, 11) is 0. The molecule has 1 unspecified atom stereocenters. The van der Waals surface area contributed by atoms with Crippen LogP contribution in [0.3, 0.4) is 0 Å². The van der Waals surface area contributed by atoms with Crippen molar-refractivity contribution in [3.8, 4) is 5.75 Å². The van der Waals surface area contributed by atoms with E-state index in [1.807, 2.05) is 13.8 Å². The van der Waals surface area contributed by atoms with Crippen molar-refractivity contribution in [2.75, 3.05) is 17.7 Å². The Balaban J connectivity index is 2.80. The van der Waals surface area contributed by atoms with Crippen LogP contribution in [0.15, 0.2) is 18.2 Å². The zero-order valence-corrected chi connectivity index (χ0v) is 10.7. The van der Waals surface area contributed by atoms with Gasteiger partial charge in [0, 0.05) is 6.54 Å². The Morgan fingerprint density at radius 2 is 2.18 bits per heavy atom. The van der Waals surface area contributed by atoms with E-state index in [1.165, 1.54) is 6.07 Å². The van der Waals surface area contributed by atoms with Gasteiger partial charge in [-0.1, -0.05) is 6.07 Å². The number of halogens is 2. The van der Waals surface area contributed by atoms with E-state index in [9.17, 15) is 9.50 Å². The highest BCUT2D eigenvalue weighted by Gasteiger charge is 2.12. The molecule has 1 rings (SSSR count). The lowest BCUT2D eigenvalue weighted by molar-refractivity contribution is 0.210. The maximum atomic E-state index is 13.6. The first kappa shape index (κ1) is 14.1. The highest BCUT2D eigenvalue weighted by molar-refractivity contribution is 6.18. The van der Waals surface area contributed by atoms with Gasteiger partial charge in [0.15, 0.2) is 0 Å². The molecule has 5 heteroatoms. The monoisotopic (exact) mass is 261 g/mol. The van der Waals surface area contributed by atoms with Crippen LogP contribution in [0.5, 0.6) is 5.75 Å². The molecule has 0 aromatic heterocycles. The lowest BCUT2D eigenvalue weighted by Gasteiger charge is -2.17. The minimum absolute atomic E-state index is 0.0460.